The molecule has 0 spiro atoms. The van der Waals surface area contributed by atoms with Crippen molar-refractivity contribution in [1.29, 1.82) is 0 Å². The van der Waals surface area contributed by atoms with Crippen LogP contribution in [0.25, 0.3) is 5.13 Å². The van der Waals surface area contributed by atoms with E-state index in [1.807, 2.05) is 115 Å². The molecule has 8 N–H and O–H groups in total. The number of methoxy groups -OCH3 is 1. The molecule has 142 heavy (non-hydrogen) atoms. The second-order valence-electron chi connectivity index (χ2n) is 24.5. The zero-order valence-corrected chi connectivity index (χ0v) is 114. The van der Waals surface area contributed by atoms with E-state index in [0.717, 1.165) is 159 Å². The van der Waals surface area contributed by atoms with Crippen molar-refractivity contribution in [2.75, 3.05) is 170 Å². The number of anilines is 3. The van der Waals surface area contributed by atoms with Crippen molar-refractivity contribution in [2.24, 2.45) is 5.73 Å². The number of likely N-dealkylation sites (N-methyl/N-ethyl adjacent to an activating group) is 2. The number of ether oxygens (including phenoxy) is 2. The van der Waals surface area contributed by atoms with Gasteiger partial charge in [0, 0.05) is 256 Å². The molecule has 2 aliphatic rings. The van der Waals surface area contributed by atoms with Crippen LogP contribution >= 0.6 is 259 Å². The number of aliphatic hydroxyl groups is 1. The Morgan fingerprint density at radius 2 is 0.817 bits per heavy atom. The van der Waals surface area contributed by atoms with Crippen molar-refractivity contribution in [2.45, 2.75) is 40.8 Å². The maximum Gasteiger partial charge on any atom is 1.00 e. The van der Waals surface area contributed by atoms with Gasteiger partial charge in [-0.05, 0) is 170 Å². The number of H-pyrrole nitrogens is 1. The molecule has 0 radical (unpaired) electrons. The fraction of sp³-hybridized carbons (Fsp3) is 0.341. The van der Waals surface area contributed by atoms with E-state index in [2.05, 4.69) is 326 Å². The quantitative estimate of drug-likeness (QED) is 0.0464. The standard InChI is InChI=1S/C14H17N3S.C11H16N2.C9H16N2OS.C6H5N3S.C6H15NO.C5H8N2S.C4H5NOS.7C3H2BrNS.C3H4N2.C2H3N3S.C2H7N.CH5N.CH3O.5Na.4H/c1-2-4-13(5-3-1)12-16-7-9-17(10-8-16)14-15-6-11-18-14;1-2-4-11(5-3-1)10-13-8-6-12-7-9-13;1-3-11(4-2)6-7-12-9-10-5-8-13-9;1-3-9(5-7-1)6-8-2-4-10-6;1-3-7(4-2)5-6-8;1-7(2)5-6-3-4-8-5;1-6-4-5-2-3-7-4;7*4-3-5-1-2-6-3;1-2-5-3-4-1;3-2-5-4-1-6-2;1-3-2;2*1-2;;;;;;;;;/h1-6,11H,7-10,12H2;1-5,12H,6-10H2;5,8H,3-4,6-7H2,1-2H3;1-5H;8H,3-6H2,1-2H3;3-4H,1-2H3;2-3H,1H3;7*1-2H;1-3H,(H,4,5);1H,(H2,3,5);3H,1-2H3;2H2,1H3;1H3;;;;;;;;;/q;;;;;;;;;;;;;;;;;;-1;5*+1;4*-1. The van der Waals surface area contributed by atoms with Crippen LogP contribution in [0.2, 0.25) is 0 Å². The van der Waals surface area contributed by atoms with Gasteiger partial charge in [-0.25, -0.2) is 69.8 Å². The molecule has 0 saturated carbocycles. The van der Waals surface area contributed by atoms with E-state index in [-0.39, 0.29) is 160 Å². The third-order valence-electron chi connectivity index (χ3n) is 15.1. The van der Waals surface area contributed by atoms with Gasteiger partial charge in [-0.15, -0.1) is 124 Å². The van der Waals surface area contributed by atoms with Crippen LogP contribution in [-0.2, 0) is 13.1 Å². The van der Waals surface area contributed by atoms with Gasteiger partial charge in [-0.1, -0.05) is 122 Å². The number of aliphatic hydroxyl groups excluding tert-OH is 1. The fourth-order valence-electron chi connectivity index (χ4n) is 9.09. The molecule has 57 heteroatoms. The molecule has 0 unspecified atom stereocenters. The van der Waals surface area contributed by atoms with E-state index in [4.69, 9.17) is 25.4 Å². The molecule has 15 aromatic heterocycles. The van der Waals surface area contributed by atoms with E-state index in [9.17, 15) is 0 Å². The molecule has 17 aromatic rings. The van der Waals surface area contributed by atoms with Gasteiger partial charge in [0.05, 0.1) is 20.0 Å². The third kappa shape index (κ3) is 86.4. The van der Waals surface area contributed by atoms with Crippen LogP contribution in [0.5, 0.6) is 10.4 Å². The first-order valence-electron chi connectivity index (χ1n) is 41.0. The number of hydrogen-bond donors (Lipinski definition) is 6. The summed E-state index contributed by atoms with van der Waals surface area (Å²) in [4.78, 5) is 71.6. The average Bonchev–Trinajstić information content (AvgIpc) is 1.58. The molecule has 0 amide bonds. The van der Waals surface area contributed by atoms with Gasteiger partial charge in [0.15, 0.2) is 42.8 Å². The molecule has 2 aliphatic heterocycles. The van der Waals surface area contributed by atoms with E-state index in [1.54, 1.807) is 225 Å². The monoisotopic (exact) mass is 2680 g/mol. The minimum atomic E-state index is 0. The number of hydrogen-bond acceptors (Lipinski definition) is 43. The van der Waals surface area contributed by atoms with Gasteiger partial charge in [0.2, 0.25) is 5.13 Å². The van der Waals surface area contributed by atoms with E-state index in [1.165, 1.54) is 65.3 Å². The molecule has 2 fully saturated rings. The van der Waals surface area contributed by atoms with Gasteiger partial charge in [-0.3, -0.25) is 14.4 Å². The van der Waals surface area contributed by atoms with Gasteiger partial charge < -0.3 is 72.1 Å². The molecule has 758 valence electrons. The number of piperazine rings is 2. The van der Waals surface area contributed by atoms with Crippen LogP contribution in [0.3, 0.4) is 0 Å². The predicted octanol–water partition coefficient (Wildman–Crippen LogP) is 7.16. The summed E-state index contributed by atoms with van der Waals surface area (Å²) in [6, 6.07) is 21.4. The number of benzene rings is 2. The summed E-state index contributed by atoms with van der Waals surface area (Å²) in [5.74, 6) is 0. The van der Waals surface area contributed by atoms with Crippen molar-refractivity contribution < 1.29 is 173 Å². The van der Waals surface area contributed by atoms with E-state index in [0.29, 0.717) is 5.13 Å². The van der Waals surface area contributed by atoms with Gasteiger partial charge in [0.1, 0.15) is 18.4 Å². The van der Waals surface area contributed by atoms with Crippen molar-refractivity contribution in [1.82, 2.24) is 120 Å². The third-order valence-corrected chi connectivity index (χ3v) is 28.9. The summed E-state index contributed by atoms with van der Waals surface area (Å²) in [6.07, 6.45) is 31.7. The second kappa shape index (κ2) is 108. The SMILES string of the molecule is Brc1nccs1.Brc1nccs1.Brc1nccs1.Brc1nccs1.Brc1nccs1.Brc1nccs1.Brc1nccs1.CCN(CC)CCO.CCN(CC)CCOc1nccs1.CN.CN(C)c1nccs1.CNC.COc1nccs1.C[O-].Nc1nncs1.[H-].[H-].[H-].[H-].[Na+].[Na+].[Na+].[Na+].[Na+].c1c[nH]cn1.c1ccc(CN2CCN(c3nccs3)CC2)cc1.c1ccc(CN2CCNCC2)cc1.c1cn(-c2nccs2)cn1. The number of aromatic amines is 1. The number of halogens is 7. The average molecular weight is 2690 g/mol. The van der Waals surface area contributed by atoms with E-state index >= 15 is 0 Å². The summed E-state index contributed by atoms with van der Waals surface area (Å²) >= 11 is 42.7. The molecule has 0 bridgehead atoms. The van der Waals surface area contributed by atoms with E-state index < -0.39 is 0 Å². The summed E-state index contributed by atoms with van der Waals surface area (Å²) in [6.45, 7) is 26.7. The summed E-state index contributed by atoms with van der Waals surface area (Å²) in [5, 5.41) is 58.1. The molecule has 0 atom stereocenters. The fourth-order valence-corrected chi connectivity index (χ4v) is 17.8. The molecule has 2 saturated heterocycles. The molecule has 2 aromatic carbocycles. The number of aromatic nitrogens is 18. The van der Waals surface area contributed by atoms with Crippen LogP contribution in [0.15, 0.2) is 270 Å². The number of thiazole rings is 12. The minimum absolute atomic E-state index is 0. The van der Waals surface area contributed by atoms with Gasteiger partial charge in [0.25, 0.3) is 10.4 Å². The number of nitrogens with one attached hydrogen (secondary N) is 3. The summed E-state index contributed by atoms with van der Waals surface area (Å²) in [7, 11) is 11.6. The number of rotatable bonds is 18. The van der Waals surface area contributed by atoms with Crippen LogP contribution in [0, 0.1) is 0 Å². The van der Waals surface area contributed by atoms with Crippen molar-refractivity contribution in [3.63, 3.8) is 0 Å². The van der Waals surface area contributed by atoms with Crippen LogP contribution < -0.4 is 194 Å². The largest absolute Gasteiger partial charge is 1.00 e. The summed E-state index contributed by atoms with van der Waals surface area (Å²) < 4.78 is 18.7. The molecule has 0 aliphatic carbocycles. The minimum Gasteiger partial charge on any atom is -1.00 e. The Labute approximate surface area is 1060 Å². The number of nitrogens with two attached hydrogens (primary N) is 2. The molecule has 17 heterocycles. The smallest absolute Gasteiger partial charge is 1.00 e. The molecular formula is C85H122Br7N28Na5O4S13. The zero-order chi connectivity index (χ0) is 100. The van der Waals surface area contributed by atoms with Crippen LogP contribution in [0.1, 0.15) is 44.5 Å². The van der Waals surface area contributed by atoms with Crippen LogP contribution in [-0.4, -0.2) is 269 Å². The first kappa shape index (κ1) is 149. The Morgan fingerprint density at radius 3 is 1.06 bits per heavy atom. The Morgan fingerprint density at radius 1 is 0.451 bits per heavy atom. The molecule has 32 nitrogen and oxygen atoms in total. The van der Waals surface area contributed by atoms with Gasteiger partial charge in [-0.2, -0.15) is 7.11 Å². The predicted molar refractivity (Wildman–Crippen MR) is 612 cm³/mol. The normalized spacial score (nSPS) is 10.6. The molecular weight excluding hydrogens is 2570 g/mol. The topological polar surface area (TPSA) is 384 Å². The maximum atomic E-state index is 8.46. The second-order valence-corrected chi connectivity index (χ2v) is 44.9. The first-order valence-corrected chi connectivity index (χ1v) is 58.0. The maximum absolute atomic E-state index is 8.46. The Kier molecular flexibility index (Phi) is 114. The van der Waals surface area contributed by atoms with Crippen LogP contribution in [0.4, 0.5) is 15.4 Å². The Bertz CT molecular complexity index is 4630. The number of nitrogen functional groups attached to an aromatic ring is 1. The Balaban J connectivity index is -0.000000197. The van der Waals surface area contributed by atoms with Gasteiger partial charge >= 0.3 is 148 Å². The molecule has 19 rings (SSSR count). The van der Waals surface area contributed by atoms with Crippen molar-refractivity contribution >= 4 is 274 Å². The number of imidazole rings is 2. The summed E-state index contributed by atoms with van der Waals surface area (Å²) in [5.41, 5.74) is 14.0. The van der Waals surface area contributed by atoms with Crippen molar-refractivity contribution in [3.05, 3.63) is 281 Å². The first-order chi connectivity index (χ1) is 66.8. The zero-order valence-electron chi connectivity index (χ0n) is 86.5. The van der Waals surface area contributed by atoms with Crippen molar-refractivity contribution in [3.8, 4) is 15.5 Å². The number of nitrogens with zero attached hydrogens (tertiary/aromatic N) is 23. The Hall–Kier alpha value is -1.02.